The summed E-state index contributed by atoms with van der Waals surface area (Å²) >= 11 is 1.27. The Morgan fingerprint density at radius 3 is 2.29 bits per heavy atom. The van der Waals surface area contributed by atoms with Gasteiger partial charge in [-0.05, 0) is 73.2 Å². The quantitative estimate of drug-likeness (QED) is 0.332. The van der Waals surface area contributed by atoms with Crippen LogP contribution < -0.4 is 20.0 Å². The van der Waals surface area contributed by atoms with Gasteiger partial charge < -0.3 is 19.2 Å². The molecular formula is C32H30N3O5S-. The third kappa shape index (κ3) is 4.97. The molecule has 0 saturated heterocycles. The smallest absolute Gasteiger partial charge is 0.338 e. The van der Waals surface area contributed by atoms with Crippen molar-refractivity contribution in [2.24, 2.45) is 4.99 Å². The molecule has 0 fully saturated rings. The summed E-state index contributed by atoms with van der Waals surface area (Å²) in [6.45, 7) is 9.88. The van der Waals surface area contributed by atoms with Gasteiger partial charge in [0.05, 0.1) is 34.9 Å². The molecule has 210 valence electrons. The van der Waals surface area contributed by atoms with E-state index in [4.69, 9.17) is 4.74 Å². The van der Waals surface area contributed by atoms with E-state index in [2.05, 4.69) is 18.8 Å². The fourth-order valence-corrected chi connectivity index (χ4v) is 6.33. The number of thiazole rings is 1. The normalized spacial score (nSPS) is 15.2. The van der Waals surface area contributed by atoms with E-state index in [-0.39, 0.29) is 11.1 Å². The number of allylic oxidation sites excluding steroid dienone is 1. The zero-order chi connectivity index (χ0) is 29.6. The van der Waals surface area contributed by atoms with Crippen molar-refractivity contribution in [2.75, 3.05) is 7.11 Å². The monoisotopic (exact) mass is 568 g/mol. The van der Waals surface area contributed by atoms with Crippen LogP contribution in [0.4, 0.5) is 0 Å². The predicted molar refractivity (Wildman–Crippen MR) is 156 cm³/mol. The molecule has 0 unspecified atom stereocenters. The molecule has 3 heterocycles. The van der Waals surface area contributed by atoms with Crippen LogP contribution in [0.2, 0.25) is 0 Å². The number of esters is 1. The highest BCUT2D eigenvalue weighted by Gasteiger charge is 2.33. The van der Waals surface area contributed by atoms with Gasteiger partial charge in [-0.15, -0.1) is 0 Å². The second-order valence-electron chi connectivity index (χ2n) is 10.4. The van der Waals surface area contributed by atoms with E-state index in [1.807, 2.05) is 54.8 Å². The molecule has 0 bridgehead atoms. The summed E-state index contributed by atoms with van der Waals surface area (Å²) in [6, 6.07) is 15.7. The maximum Gasteiger partial charge on any atom is 0.338 e. The Labute approximate surface area is 241 Å². The lowest BCUT2D eigenvalue weighted by atomic mass is 9.93. The number of nitrogens with zero attached hydrogens (tertiary/aromatic N) is 3. The van der Waals surface area contributed by atoms with Gasteiger partial charge in [0.25, 0.3) is 5.56 Å². The molecular weight excluding hydrogens is 538 g/mol. The summed E-state index contributed by atoms with van der Waals surface area (Å²) in [4.78, 5) is 43.2. The fraction of sp³-hybridized carbons (Fsp3) is 0.250. The van der Waals surface area contributed by atoms with Crippen molar-refractivity contribution in [3.63, 3.8) is 0 Å². The molecule has 0 saturated carbocycles. The second kappa shape index (κ2) is 10.8. The van der Waals surface area contributed by atoms with Crippen LogP contribution in [0.25, 0.3) is 11.8 Å². The maximum absolute atomic E-state index is 14.0. The maximum atomic E-state index is 14.0. The molecule has 4 aromatic rings. The minimum absolute atomic E-state index is 0.104. The molecule has 0 aliphatic carbocycles. The van der Waals surface area contributed by atoms with Crippen molar-refractivity contribution in [3.8, 4) is 5.69 Å². The van der Waals surface area contributed by atoms with E-state index < -0.39 is 18.0 Å². The molecule has 0 N–H and O–H groups in total. The average molecular weight is 569 g/mol. The summed E-state index contributed by atoms with van der Waals surface area (Å²) in [5, 5.41) is 11.2. The number of methoxy groups -OCH3 is 1. The highest BCUT2D eigenvalue weighted by Crippen LogP contribution is 2.31. The van der Waals surface area contributed by atoms with Crippen molar-refractivity contribution in [1.29, 1.82) is 0 Å². The number of hydrogen-bond acceptors (Lipinski definition) is 7. The van der Waals surface area contributed by atoms with Crippen molar-refractivity contribution in [1.82, 2.24) is 9.13 Å². The number of carbonyl (C=O) groups is 2. The Hall–Kier alpha value is -4.50. The summed E-state index contributed by atoms with van der Waals surface area (Å²) in [6.07, 6.45) is 1.84. The molecule has 0 radical (unpaired) electrons. The first kappa shape index (κ1) is 28.0. The Kier molecular flexibility index (Phi) is 7.40. The number of fused-ring (bicyclic) bond motifs is 1. The topological polar surface area (TPSA) is 106 Å². The standard InChI is InChI=1S/C32H31N3O5S/c1-17(2)21-7-9-22(10-8-21)28-27(31(39)40-6)19(4)33-32-35(28)29(36)26(41-32)16-24-15-18(3)34(20(24)5)25-13-11-23(12-14-25)30(37)38/h7-17,28H,1-6H3,(H,37,38)/p-1/b26-16+/t28-/m1/s1. The molecule has 1 aliphatic heterocycles. The van der Waals surface area contributed by atoms with E-state index in [0.717, 1.165) is 33.8 Å². The molecule has 0 amide bonds. The van der Waals surface area contributed by atoms with Crippen molar-refractivity contribution in [2.45, 2.75) is 46.6 Å². The number of carbonyl (C=O) groups excluding carboxylic acids is 2. The Bertz CT molecular complexity index is 1890. The molecule has 9 heteroatoms. The van der Waals surface area contributed by atoms with Gasteiger partial charge in [-0.25, -0.2) is 9.79 Å². The fourth-order valence-electron chi connectivity index (χ4n) is 5.29. The first-order valence-corrected chi connectivity index (χ1v) is 14.0. The van der Waals surface area contributed by atoms with Gasteiger partial charge >= 0.3 is 5.97 Å². The number of hydrogen-bond donors (Lipinski definition) is 0. The number of carboxylic acids is 1. The number of aromatic nitrogens is 2. The first-order chi connectivity index (χ1) is 19.5. The molecule has 1 aliphatic rings. The average Bonchev–Trinajstić information content (AvgIpc) is 3.41. The molecule has 2 aromatic heterocycles. The molecule has 8 nitrogen and oxygen atoms in total. The Morgan fingerprint density at radius 1 is 1.05 bits per heavy atom. The van der Waals surface area contributed by atoms with Crippen LogP contribution in [0.1, 0.15) is 71.2 Å². The van der Waals surface area contributed by atoms with E-state index >= 15 is 0 Å². The largest absolute Gasteiger partial charge is 0.545 e. The minimum atomic E-state index is -1.23. The van der Waals surface area contributed by atoms with Gasteiger partial charge in [0, 0.05) is 17.1 Å². The number of aromatic carboxylic acids is 1. The first-order valence-electron chi connectivity index (χ1n) is 13.2. The van der Waals surface area contributed by atoms with Crippen molar-refractivity contribution < 1.29 is 19.4 Å². The third-order valence-corrected chi connectivity index (χ3v) is 8.45. The van der Waals surface area contributed by atoms with Crippen LogP contribution >= 0.6 is 11.3 Å². The van der Waals surface area contributed by atoms with Crippen LogP contribution in [0, 0.1) is 13.8 Å². The highest BCUT2D eigenvalue weighted by molar-refractivity contribution is 7.07. The summed E-state index contributed by atoms with van der Waals surface area (Å²) in [5.74, 6) is -1.41. The van der Waals surface area contributed by atoms with Gasteiger partial charge in [0.2, 0.25) is 0 Å². The molecule has 5 rings (SSSR count). The SMILES string of the molecule is COC(=O)C1=C(C)N=c2s/c(=C/c3cc(C)n(-c4ccc(C(=O)[O-])cc4)c3C)c(=O)n2[C@@H]1c1ccc(C(C)C)cc1. The van der Waals surface area contributed by atoms with Crippen molar-refractivity contribution >= 4 is 29.4 Å². The van der Waals surface area contributed by atoms with Gasteiger partial charge in [-0.3, -0.25) is 9.36 Å². The van der Waals surface area contributed by atoms with Gasteiger partial charge in [-0.1, -0.05) is 61.6 Å². The molecule has 0 spiro atoms. The zero-order valence-corrected chi connectivity index (χ0v) is 24.5. The summed E-state index contributed by atoms with van der Waals surface area (Å²) in [5.41, 5.74) is 6.13. The van der Waals surface area contributed by atoms with E-state index in [0.29, 0.717) is 26.5 Å². The molecule has 1 atom stereocenters. The number of rotatable bonds is 6. The van der Waals surface area contributed by atoms with E-state index in [1.54, 1.807) is 23.6 Å². The third-order valence-electron chi connectivity index (χ3n) is 7.46. The zero-order valence-electron chi connectivity index (χ0n) is 23.7. The lowest BCUT2D eigenvalue weighted by Crippen LogP contribution is -2.39. The number of ether oxygens (including phenoxy) is 1. The van der Waals surface area contributed by atoms with Crippen molar-refractivity contribution in [3.05, 3.63) is 119 Å². The molecule has 2 aromatic carbocycles. The Morgan fingerprint density at radius 2 is 1.71 bits per heavy atom. The summed E-state index contributed by atoms with van der Waals surface area (Å²) < 4.78 is 9.18. The van der Waals surface area contributed by atoms with Gasteiger partial charge in [0.15, 0.2) is 4.80 Å². The van der Waals surface area contributed by atoms with E-state index in [9.17, 15) is 19.5 Å². The van der Waals surface area contributed by atoms with Crippen LogP contribution in [0.5, 0.6) is 0 Å². The van der Waals surface area contributed by atoms with Crippen LogP contribution in [0.15, 0.2) is 75.7 Å². The highest BCUT2D eigenvalue weighted by atomic mass is 32.1. The number of carboxylic acid groups (broad SMARTS) is 1. The van der Waals surface area contributed by atoms with Crippen LogP contribution in [0.3, 0.4) is 0 Å². The van der Waals surface area contributed by atoms with Crippen LogP contribution in [-0.2, 0) is 9.53 Å². The van der Waals surface area contributed by atoms with Crippen LogP contribution in [-0.4, -0.2) is 28.2 Å². The van der Waals surface area contributed by atoms with E-state index in [1.165, 1.54) is 30.6 Å². The minimum Gasteiger partial charge on any atom is -0.545 e. The number of aryl methyl sites for hydroxylation is 1. The van der Waals surface area contributed by atoms with Gasteiger partial charge in [-0.2, -0.15) is 0 Å². The Balaban J connectivity index is 1.65. The second-order valence-corrected chi connectivity index (χ2v) is 11.4. The number of benzene rings is 2. The lowest BCUT2D eigenvalue weighted by Gasteiger charge is -2.24. The lowest BCUT2D eigenvalue weighted by molar-refractivity contribution is -0.255. The summed E-state index contributed by atoms with van der Waals surface area (Å²) in [7, 11) is 1.33. The van der Waals surface area contributed by atoms with Gasteiger partial charge in [0.1, 0.15) is 0 Å². The predicted octanol–water partition coefficient (Wildman–Crippen LogP) is 3.30. The molecule has 41 heavy (non-hydrogen) atoms.